The van der Waals surface area contributed by atoms with E-state index in [1.165, 1.54) is 44.6 Å². The maximum Gasteiger partial charge on any atom is 0.297 e. The Morgan fingerprint density at radius 3 is 2.24 bits per heavy atom. The van der Waals surface area contributed by atoms with Crippen molar-refractivity contribution >= 4 is 16.5 Å². The maximum atomic E-state index is 13.5. The van der Waals surface area contributed by atoms with Gasteiger partial charge in [0.1, 0.15) is 11.4 Å². The quantitative estimate of drug-likeness (QED) is 0.334. The zero-order valence-electron chi connectivity index (χ0n) is 18.7. The first-order chi connectivity index (χ1) is 15.9. The Labute approximate surface area is 189 Å². The number of nitro benzene ring substituents is 1. The second-order valence-corrected chi connectivity index (χ2v) is 6.63. The summed E-state index contributed by atoms with van der Waals surface area (Å²) < 4.78 is 22.2. The number of nitro groups is 1. The lowest BCUT2D eigenvalue weighted by Gasteiger charge is -2.17. The molecule has 10 nitrogen and oxygen atoms in total. The van der Waals surface area contributed by atoms with Gasteiger partial charge in [-0.25, -0.2) is 0 Å². The van der Waals surface area contributed by atoms with Crippen molar-refractivity contribution in [2.75, 3.05) is 21.0 Å². The zero-order chi connectivity index (χ0) is 24.3. The molecule has 0 saturated carbocycles. The molecule has 2 heterocycles. The third kappa shape index (κ3) is 3.91. The van der Waals surface area contributed by atoms with Gasteiger partial charge in [-0.2, -0.15) is 0 Å². The monoisotopic (exact) mass is 456 g/mol. The van der Waals surface area contributed by atoms with Gasteiger partial charge in [-0.05, 0) is 12.1 Å². The third-order valence-electron chi connectivity index (χ3n) is 5.00. The van der Waals surface area contributed by atoms with Crippen LogP contribution in [-0.2, 0) is 6.42 Å². The molecule has 1 aliphatic rings. The molecular weight excluding hydrogens is 432 g/mol. The summed E-state index contributed by atoms with van der Waals surface area (Å²) in [6.45, 7) is 7.58. The first kappa shape index (κ1) is 23.5. The smallest absolute Gasteiger partial charge is 0.297 e. The Hall–Kier alpha value is -4.21. The topological polar surface area (TPSA) is 122 Å². The normalized spacial score (nSPS) is 11.5. The average Bonchev–Trinajstić information content (AvgIpc) is 3.29. The van der Waals surface area contributed by atoms with E-state index in [9.17, 15) is 20.0 Å². The van der Waals surface area contributed by atoms with Crippen molar-refractivity contribution in [1.82, 2.24) is 4.57 Å². The molecule has 0 bridgehead atoms. The molecule has 0 spiro atoms. The second-order valence-electron chi connectivity index (χ2n) is 6.63. The number of fused-ring (bicyclic) bond motifs is 2. The standard InChI is InChI=1S/C21H18N2O8.C2H6/c1-4-5-13-20(24)11-6-16(28-2)17(29-3)7-12(11)21(25)22(13)14-8-18-19(31-10-30-18)9-15(14)23(26)27;1-2/h4,6-9,24H,1,5,10H2,2-3H3;1-2H3. The van der Waals surface area contributed by atoms with Gasteiger partial charge in [-0.1, -0.05) is 19.9 Å². The molecule has 0 atom stereocenters. The van der Waals surface area contributed by atoms with Crippen LogP contribution < -0.4 is 24.5 Å². The molecule has 0 saturated heterocycles. The fourth-order valence-electron chi connectivity index (χ4n) is 3.58. The number of aromatic hydroxyl groups is 1. The molecule has 1 aliphatic heterocycles. The highest BCUT2D eigenvalue weighted by molar-refractivity contribution is 5.91. The number of hydrogen-bond acceptors (Lipinski definition) is 8. The summed E-state index contributed by atoms with van der Waals surface area (Å²) in [7, 11) is 2.85. The molecule has 4 rings (SSSR count). The predicted molar refractivity (Wildman–Crippen MR) is 122 cm³/mol. The third-order valence-corrected chi connectivity index (χ3v) is 5.00. The molecule has 1 aromatic heterocycles. The number of benzene rings is 2. The van der Waals surface area contributed by atoms with Crippen molar-refractivity contribution in [3.05, 3.63) is 63.1 Å². The van der Waals surface area contributed by atoms with Crippen molar-refractivity contribution in [2.45, 2.75) is 20.3 Å². The van der Waals surface area contributed by atoms with Gasteiger partial charge in [0, 0.05) is 17.9 Å². The Kier molecular flexibility index (Phi) is 6.76. The summed E-state index contributed by atoms with van der Waals surface area (Å²) in [4.78, 5) is 24.7. The van der Waals surface area contributed by atoms with Gasteiger partial charge >= 0.3 is 0 Å². The Balaban J connectivity index is 0.00000149. The Bertz CT molecular complexity index is 1300. The van der Waals surface area contributed by atoms with Crippen molar-refractivity contribution in [1.29, 1.82) is 0 Å². The number of nitrogens with zero attached hydrogens (tertiary/aromatic N) is 2. The van der Waals surface area contributed by atoms with Gasteiger partial charge in [0.15, 0.2) is 23.0 Å². The Morgan fingerprint density at radius 1 is 1.12 bits per heavy atom. The van der Waals surface area contributed by atoms with Gasteiger partial charge in [0.2, 0.25) is 6.79 Å². The van der Waals surface area contributed by atoms with Crippen LogP contribution >= 0.6 is 0 Å². The van der Waals surface area contributed by atoms with Crippen LogP contribution in [-0.4, -0.2) is 35.6 Å². The van der Waals surface area contributed by atoms with Crippen LogP contribution in [0.2, 0.25) is 0 Å². The van der Waals surface area contributed by atoms with E-state index in [4.69, 9.17) is 18.9 Å². The highest BCUT2D eigenvalue weighted by atomic mass is 16.7. The predicted octanol–water partition coefficient (Wildman–Crippen LogP) is 4.11. The lowest BCUT2D eigenvalue weighted by molar-refractivity contribution is -0.384. The minimum atomic E-state index is -0.628. The lowest BCUT2D eigenvalue weighted by Crippen LogP contribution is -2.23. The number of pyridine rings is 1. The molecular formula is C23H24N2O8. The molecule has 0 aliphatic carbocycles. The number of rotatable bonds is 6. The van der Waals surface area contributed by atoms with Crippen molar-refractivity contribution in [3.63, 3.8) is 0 Å². The highest BCUT2D eigenvalue weighted by Gasteiger charge is 2.28. The maximum absolute atomic E-state index is 13.5. The minimum absolute atomic E-state index is 0.0664. The summed E-state index contributed by atoms with van der Waals surface area (Å²) in [5, 5.41) is 23.1. The number of aromatic nitrogens is 1. The molecule has 0 unspecified atom stereocenters. The van der Waals surface area contributed by atoms with Crippen LogP contribution in [0, 0.1) is 10.1 Å². The van der Waals surface area contributed by atoms with Gasteiger partial charge in [0.05, 0.1) is 36.3 Å². The van der Waals surface area contributed by atoms with Crippen LogP contribution in [0.5, 0.6) is 28.7 Å². The zero-order valence-corrected chi connectivity index (χ0v) is 18.7. The SMILES string of the molecule is C=CCc1c(O)c2cc(OC)c(OC)cc2c(=O)n1-c1cc2c(cc1[N+](=O)[O-])OCO2.CC. The summed E-state index contributed by atoms with van der Waals surface area (Å²) >= 11 is 0. The lowest BCUT2D eigenvalue weighted by atomic mass is 10.1. The average molecular weight is 456 g/mol. The van der Waals surface area contributed by atoms with Crippen LogP contribution in [0.3, 0.4) is 0 Å². The van der Waals surface area contributed by atoms with Gasteiger partial charge in [-0.3, -0.25) is 19.5 Å². The van der Waals surface area contributed by atoms with Crippen LogP contribution in [0.25, 0.3) is 16.5 Å². The Morgan fingerprint density at radius 2 is 1.70 bits per heavy atom. The molecule has 10 heteroatoms. The molecule has 0 fully saturated rings. The molecule has 1 N–H and O–H groups in total. The first-order valence-electron chi connectivity index (χ1n) is 10.1. The highest BCUT2D eigenvalue weighted by Crippen LogP contribution is 2.42. The van der Waals surface area contributed by atoms with Crippen molar-refractivity contribution < 1.29 is 29.0 Å². The molecule has 3 aromatic rings. The first-order valence-corrected chi connectivity index (χ1v) is 10.1. The van der Waals surface area contributed by atoms with Gasteiger partial charge in [0.25, 0.3) is 11.2 Å². The van der Waals surface area contributed by atoms with E-state index >= 15 is 0 Å². The molecule has 0 amide bonds. The second kappa shape index (κ2) is 9.51. The van der Waals surface area contributed by atoms with Crippen LogP contribution in [0.1, 0.15) is 19.5 Å². The fourth-order valence-corrected chi connectivity index (χ4v) is 3.58. The van der Waals surface area contributed by atoms with E-state index in [-0.39, 0.29) is 64.1 Å². The molecule has 0 radical (unpaired) electrons. The van der Waals surface area contributed by atoms with Crippen LogP contribution in [0.4, 0.5) is 5.69 Å². The summed E-state index contributed by atoms with van der Waals surface area (Å²) in [6, 6.07) is 5.44. The molecule has 33 heavy (non-hydrogen) atoms. The van der Waals surface area contributed by atoms with E-state index in [0.717, 1.165) is 4.57 Å². The number of ether oxygens (including phenoxy) is 4. The fraction of sp³-hybridized carbons (Fsp3) is 0.261. The van der Waals surface area contributed by atoms with E-state index in [1.54, 1.807) is 0 Å². The number of methoxy groups -OCH3 is 2. The van der Waals surface area contributed by atoms with E-state index in [2.05, 4.69) is 6.58 Å². The van der Waals surface area contributed by atoms with Crippen LogP contribution in [0.15, 0.2) is 41.7 Å². The summed E-state index contributed by atoms with van der Waals surface area (Å²) in [6.07, 6.45) is 1.55. The molecule has 2 aromatic carbocycles. The van der Waals surface area contributed by atoms with E-state index in [0.29, 0.717) is 5.75 Å². The van der Waals surface area contributed by atoms with Crippen molar-refractivity contribution in [3.8, 4) is 34.4 Å². The minimum Gasteiger partial charge on any atom is -0.505 e. The van der Waals surface area contributed by atoms with E-state index < -0.39 is 10.5 Å². The van der Waals surface area contributed by atoms with Gasteiger partial charge < -0.3 is 24.1 Å². The van der Waals surface area contributed by atoms with Crippen molar-refractivity contribution in [2.24, 2.45) is 0 Å². The van der Waals surface area contributed by atoms with E-state index in [1.807, 2.05) is 13.8 Å². The largest absolute Gasteiger partial charge is 0.505 e. The summed E-state index contributed by atoms with van der Waals surface area (Å²) in [5.41, 5.74) is -0.909. The summed E-state index contributed by atoms with van der Waals surface area (Å²) in [5.74, 6) is 0.812. The number of allylic oxidation sites excluding steroid dienone is 1. The molecule has 174 valence electrons. The number of hydrogen-bond donors (Lipinski definition) is 1. The van der Waals surface area contributed by atoms with Gasteiger partial charge in [-0.15, -0.1) is 6.58 Å².